The van der Waals surface area contributed by atoms with Crippen LogP contribution >= 0.6 is 0 Å². The Kier molecular flexibility index (Phi) is 4.67. The average Bonchev–Trinajstić information content (AvgIpc) is 3.42. The minimum absolute atomic E-state index is 0.0746. The van der Waals surface area contributed by atoms with Gasteiger partial charge in [0, 0.05) is 44.3 Å². The van der Waals surface area contributed by atoms with Gasteiger partial charge in [0.25, 0.3) is 0 Å². The van der Waals surface area contributed by atoms with Crippen LogP contribution in [-0.4, -0.2) is 53.2 Å². The Morgan fingerprint density at radius 2 is 2.08 bits per heavy atom. The van der Waals surface area contributed by atoms with Crippen molar-refractivity contribution in [1.82, 2.24) is 20.2 Å². The third-order valence-electron chi connectivity index (χ3n) is 5.06. The summed E-state index contributed by atoms with van der Waals surface area (Å²) in [7, 11) is 2.04. The second kappa shape index (κ2) is 7.09. The first-order valence-corrected chi connectivity index (χ1v) is 9.12. The van der Waals surface area contributed by atoms with Gasteiger partial charge in [-0.3, -0.25) is 5.32 Å². The van der Waals surface area contributed by atoms with Crippen molar-refractivity contribution in [2.75, 3.05) is 26.0 Å². The lowest BCUT2D eigenvalue weighted by atomic mass is 10.0. The largest absolute Gasteiger partial charge is 0.381 e. The zero-order valence-corrected chi connectivity index (χ0v) is 14.7. The number of hydrogen-bond donors (Lipinski definition) is 2. The van der Waals surface area contributed by atoms with Crippen LogP contribution in [0.25, 0.3) is 0 Å². The van der Waals surface area contributed by atoms with Gasteiger partial charge in [-0.2, -0.15) is 0 Å². The van der Waals surface area contributed by atoms with Crippen molar-refractivity contribution in [3.05, 3.63) is 29.7 Å². The third kappa shape index (κ3) is 3.99. The molecule has 3 aliphatic rings. The van der Waals surface area contributed by atoms with Crippen LogP contribution < -0.4 is 11.1 Å². The van der Waals surface area contributed by atoms with Crippen molar-refractivity contribution in [1.29, 1.82) is 0 Å². The number of nitrogens with two attached hydrogens (primary N) is 1. The Balaban J connectivity index is 1.56. The van der Waals surface area contributed by atoms with Crippen LogP contribution in [0.15, 0.2) is 23.5 Å². The summed E-state index contributed by atoms with van der Waals surface area (Å²) < 4.78 is 5.44. The Morgan fingerprint density at radius 1 is 1.28 bits per heavy atom. The molecule has 3 N–H and O–H groups in total. The number of anilines is 1. The summed E-state index contributed by atoms with van der Waals surface area (Å²) in [5.41, 5.74) is 8.77. The van der Waals surface area contributed by atoms with Crippen molar-refractivity contribution < 1.29 is 4.74 Å². The van der Waals surface area contributed by atoms with E-state index in [1.165, 1.54) is 12.8 Å². The van der Waals surface area contributed by atoms with E-state index in [4.69, 9.17) is 15.5 Å². The lowest BCUT2D eigenvalue weighted by Crippen LogP contribution is -2.48. The Morgan fingerprint density at radius 3 is 2.84 bits per heavy atom. The molecule has 1 aromatic rings. The fourth-order valence-electron chi connectivity index (χ4n) is 3.32. The van der Waals surface area contributed by atoms with E-state index in [0.29, 0.717) is 12.0 Å². The molecule has 0 amide bonds. The zero-order chi connectivity index (χ0) is 17.2. The predicted octanol–water partition coefficient (Wildman–Crippen LogP) is 1.31. The molecule has 1 saturated carbocycles. The molecule has 2 fully saturated rings. The summed E-state index contributed by atoms with van der Waals surface area (Å²) in [5.74, 6) is 1.08. The standard InChI is InChI=1S/C18H26N6O/c1-24-7-4-15(23-18(24)21-13-5-8-25-9-6-13)14-11-20-17(19)22-16(14)10-12-2-3-12/h4,7,11-13,18,21H,2-3,5-6,8-10H2,1H3,(H2,19,20,22). The molecule has 1 atom stereocenters. The second-order valence-electron chi connectivity index (χ2n) is 7.16. The number of nitrogen functional groups attached to an aromatic ring is 1. The number of nitrogens with zero attached hydrogens (tertiary/aromatic N) is 4. The first-order chi connectivity index (χ1) is 12.2. The van der Waals surface area contributed by atoms with E-state index in [-0.39, 0.29) is 6.29 Å². The van der Waals surface area contributed by atoms with Crippen molar-refractivity contribution in [2.24, 2.45) is 10.9 Å². The lowest BCUT2D eigenvalue weighted by Gasteiger charge is -2.33. The highest BCUT2D eigenvalue weighted by Crippen LogP contribution is 2.33. The van der Waals surface area contributed by atoms with E-state index < -0.39 is 0 Å². The summed E-state index contributed by atoms with van der Waals surface area (Å²) >= 11 is 0. The quantitative estimate of drug-likeness (QED) is 0.839. The van der Waals surface area contributed by atoms with Crippen LogP contribution in [0.3, 0.4) is 0 Å². The molecule has 134 valence electrons. The number of hydrogen-bond acceptors (Lipinski definition) is 7. The second-order valence-corrected chi connectivity index (χ2v) is 7.16. The molecular weight excluding hydrogens is 316 g/mol. The van der Waals surface area contributed by atoms with Gasteiger partial charge in [0.2, 0.25) is 5.95 Å². The maximum Gasteiger partial charge on any atom is 0.220 e. The summed E-state index contributed by atoms with van der Waals surface area (Å²) in [5, 5.41) is 3.63. The van der Waals surface area contributed by atoms with Crippen molar-refractivity contribution >= 4 is 11.7 Å². The molecule has 3 heterocycles. The van der Waals surface area contributed by atoms with Gasteiger partial charge in [0.1, 0.15) is 0 Å². The van der Waals surface area contributed by atoms with Gasteiger partial charge >= 0.3 is 0 Å². The van der Waals surface area contributed by atoms with Gasteiger partial charge in [-0.1, -0.05) is 0 Å². The number of ether oxygens (including phenoxy) is 1. The van der Waals surface area contributed by atoms with E-state index in [9.17, 15) is 0 Å². The maximum atomic E-state index is 5.81. The Hall–Kier alpha value is -1.99. The van der Waals surface area contributed by atoms with Gasteiger partial charge in [0.15, 0.2) is 6.29 Å². The molecule has 7 nitrogen and oxygen atoms in total. The molecule has 4 rings (SSSR count). The molecule has 1 aliphatic carbocycles. The highest BCUT2D eigenvalue weighted by atomic mass is 16.5. The molecule has 1 saturated heterocycles. The molecule has 7 heteroatoms. The van der Waals surface area contributed by atoms with Crippen LogP contribution in [0.4, 0.5) is 5.95 Å². The van der Waals surface area contributed by atoms with Crippen LogP contribution in [0, 0.1) is 5.92 Å². The van der Waals surface area contributed by atoms with Gasteiger partial charge in [-0.15, -0.1) is 0 Å². The van der Waals surface area contributed by atoms with Crippen LogP contribution in [-0.2, 0) is 11.2 Å². The molecule has 0 aromatic carbocycles. The molecule has 25 heavy (non-hydrogen) atoms. The number of allylic oxidation sites excluding steroid dienone is 1. The van der Waals surface area contributed by atoms with E-state index in [2.05, 4.69) is 26.4 Å². The summed E-state index contributed by atoms with van der Waals surface area (Å²) in [4.78, 5) is 15.7. The minimum Gasteiger partial charge on any atom is -0.381 e. The van der Waals surface area contributed by atoms with Crippen molar-refractivity contribution in [3.8, 4) is 0 Å². The molecule has 0 spiro atoms. The number of aromatic nitrogens is 2. The topological polar surface area (TPSA) is 88.7 Å². The molecule has 0 radical (unpaired) electrons. The number of rotatable bonds is 5. The highest BCUT2D eigenvalue weighted by molar-refractivity contribution is 6.09. The molecule has 2 aliphatic heterocycles. The molecule has 1 unspecified atom stereocenters. The smallest absolute Gasteiger partial charge is 0.220 e. The van der Waals surface area contributed by atoms with E-state index >= 15 is 0 Å². The van der Waals surface area contributed by atoms with Crippen molar-refractivity contribution in [3.63, 3.8) is 0 Å². The first kappa shape index (κ1) is 16.5. The third-order valence-corrected chi connectivity index (χ3v) is 5.06. The maximum absolute atomic E-state index is 5.81. The van der Waals surface area contributed by atoms with Gasteiger partial charge in [-0.05, 0) is 44.1 Å². The monoisotopic (exact) mass is 342 g/mol. The normalized spacial score (nSPS) is 24.4. The zero-order valence-electron chi connectivity index (χ0n) is 14.7. The fraction of sp³-hybridized carbons (Fsp3) is 0.611. The summed E-state index contributed by atoms with van der Waals surface area (Å²) in [6.07, 6.45) is 11.4. The predicted molar refractivity (Wildman–Crippen MR) is 97.1 cm³/mol. The average molecular weight is 342 g/mol. The Labute approximate surface area is 148 Å². The molecule has 0 bridgehead atoms. The van der Waals surface area contributed by atoms with Crippen molar-refractivity contribution in [2.45, 2.75) is 44.4 Å². The van der Waals surface area contributed by atoms with Gasteiger partial charge < -0.3 is 15.4 Å². The van der Waals surface area contributed by atoms with Crippen LogP contribution in [0.1, 0.15) is 36.9 Å². The molecule has 1 aromatic heterocycles. The summed E-state index contributed by atoms with van der Waals surface area (Å²) in [6.45, 7) is 1.63. The first-order valence-electron chi connectivity index (χ1n) is 9.12. The SMILES string of the molecule is CN1C=CC(c2cnc(N)nc2CC2CC2)=NC1NC1CCOCC1. The lowest BCUT2D eigenvalue weighted by molar-refractivity contribution is 0.0687. The van der Waals surface area contributed by atoms with Gasteiger partial charge in [-0.25, -0.2) is 15.0 Å². The summed E-state index contributed by atoms with van der Waals surface area (Å²) in [6, 6.07) is 0.436. The highest BCUT2D eigenvalue weighted by Gasteiger charge is 2.26. The Bertz CT molecular complexity index is 678. The van der Waals surface area contributed by atoms with E-state index in [1.54, 1.807) is 0 Å². The van der Waals surface area contributed by atoms with Crippen LogP contribution in [0.2, 0.25) is 0 Å². The minimum atomic E-state index is -0.0746. The van der Waals surface area contributed by atoms with E-state index in [0.717, 1.165) is 55.4 Å². The van der Waals surface area contributed by atoms with E-state index in [1.807, 2.05) is 19.3 Å². The number of aliphatic imine (C=N–C) groups is 1. The number of nitrogens with one attached hydrogen (secondary N) is 1. The molecular formula is C18H26N6O. The van der Waals surface area contributed by atoms with Crippen LogP contribution in [0.5, 0.6) is 0 Å². The van der Waals surface area contributed by atoms with Gasteiger partial charge in [0.05, 0.1) is 11.4 Å². The fourth-order valence-corrected chi connectivity index (χ4v) is 3.32.